The van der Waals surface area contributed by atoms with Gasteiger partial charge in [0.1, 0.15) is 21.2 Å². The van der Waals surface area contributed by atoms with Gasteiger partial charge in [-0.1, -0.05) is 0 Å². The summed E-state index contributed by atoms with van der Waals surface area (Å²) in [4.78, 5) is 23.9. The molecule has 0 spiro atoms. The summed E-state index contributed by atoms with van der Waals surface area (Å²) in [7, 11) is -6.90. The van der Waals surface area contributed by atoms with Crippen LogP contribution < -0.4 is 9.80 Å². The molecule has 0 amide bonds. The van der Waals surface area contributed by atoms with Gasteiger partial charge in [-0.15, -0.1) is 3.63 Å². The first-order valence-electron chi connectivity index (χ1n) is 12.7. The van der Waals surface area contributed by atoms with Gasteiger partial charge in [-0.05, 0) is 49.9 Å². The van der Waals surface area contributed by atoms with Gasteiger partial charge in [0.25, 0.3) is 11.4 Å². The summed E-state index contributed by atoms with van der Waals surface area (Å²) in [6, 6.07) is 5.74. The zero-order valence-electron chi connectivity index (χ0n) is 22.4. The van der Waals surface area contributed by atoms with E-state index in [1.54, 1.807) is 23.9 Å². The lowest BCUT2D eigenvalue weighted by atomic mass is 10.1. The summed E-state index contributed by atoms with van der Waals surface area (Å²) in [5, 5.41) is 23.6. The first kappa shape index (κ1) is 30.6. The topological polar surface area (TPSA) is 189 Å². The van der Waals surface area contributed by atoms with Crippen molar-refractivity contribution in [3.8, 4) is 0 Å². The molecule has 0 aliphatic carbocycles. The van der Waals surface area contributed by atoms with Crippen molar-refractivity contribution >= 4 is 43.0 Å². The minimum absolute atomic E-state index is 0.0780. The summed E-state index contributed by atoms with van der Waals surface area (Å²) in [6.45, 7) is 1.91. The Kier molecular flexibility index (Phi) is 9.13. The van der Waals surface area contributed by atoms with E-state index in [0.717, 1.165) is 24.3 Å². The fourth-order valence-electron chi connectivity index (χ4n) is 4.94. The molecule has 0 N–H and O–H groups in total. The summed E-state index contributed by atoms with van der Waals surface area (Å²) < 4.78 is 67.1. The van der Waals surface area contributed by atoms with E-state index in [9.17, 15) is 37.1 Å². The average Bonchev–Trinajstić information content (AvgIpc) is 2.96. The van der Waals surface area contributed by atoms with Crippen LogP contribution in [0.1, 0.15) is 25.7 Å². The van der Waals surface area contributed by atoms with Crippen molar-refractivity contribution in [1.82, 2.24) is 0 Å². The number of hydrogen-bond donors (Lipinski definition) is 0. The molecule has 2 aromatic rings. The Morgan fingerprint density at radius 1 is 0.707 bits per heavy atom. The molecule has 0 unspecified atom stereocenters. The van der Waals surface area contributed by atoms with Crippen LogP contribution in [0.25, 0.3) is 0 Å². The number of rotatable bonds is 10. The van der Waals surface area contributed by atoms with Crippen LogP contribution in [0.2, 0.25) is 0 Å². The number of nitro groups is 2. The van der Waals surface area contributed by atoms with E-state index < -0.39 is 51.2 Å². The molecular formula is C24H30N4O11S2. The Morgan fingerprint density at radius 2 is 1.05 bits per heavy atom. The van der Waals surface area contributed by atoms with Crippen LogP contribution in [0.3, 0.4) is 0 Å². The maximum atomic E-state index is 13.0. The van der Waals surface area contributed by atoms with E-state index in [-0.39, 0.29) is 23.5 Å². The number of ether oxygens (including phenoxy) is 2. The highest BCUT2D eigenvalue weighted by Crippen LogP contribution is 2.36. The van der Waals surface area contributed by atoms with Crippen molar-refractivity contribution in [1.29, 1.82) is 0 Å². The molecule has 0 radical (unpaired) electrons. The SMILES string of the molecule is CN(c1ccc(S(=O)(=O)OS(=O)(=O)c2ccc(N(C)C3CCOCC3)c([N+](=O)[O-])c2)cc1[N+](=O)[O-])C1CCOCC1. The molecule has 41 heavy (non-hydrogen) atoms. The normalized spacial score (nSPS) is 17.2. The highest BCUT2D eigenvalue weighted by molar-refractivity contribution is 7.99. The van der Waals surface area contributed by atoms with Crippen LogP contribution in [0.15, 0.2) is 46.2 Å². The Morgan fingerprint density at radius 3 is 1.37 bits per heavy atom. The molecule has 15 nitrogen and oxygen atoms in total. The predicted octanol–water partition coefficient (Wildman–Crippen LogP) is 2.83. The van der Waals surface area contributed by atoms with E-state index in [1.807, 2.05) is 0 Å². The quantitative estimate of drug-likeness (QED) is 0.281. The van der Waals surface area contributed by atoms with Crippen LogP contribution in [0, 0.1) is 20.2 Å². The molecular weight excluding hydrogens is 584 g/mol. The fourth-order valence-corrected chi connectivity index (χ4v) is 7.49. The van der Waals surface area contributed by atoms with Gasteiger partial charge in [0, 0.05) is 64.7 Å². The van der Waals surface area contributed by atoms with Gasteiger partial charge in [-0.25, -0.2) is 0 Å². The average molecular weight is 615 g/mol. The Labute approximate surface area is 237 Å². The molecule has 2 aliphatic heterocycles. The first-order chi connectivity index (χ1) is 19.3. The number of nitrogens with zero attached hydrogens (tertiary/aromatic N) is 4. The molecule has 2 aliphatic rings. The lowest BCUT2D eigenvalue weighted by molar-refractivity contribution is -0.384. The van der Waals surface area contributed by atoms with E-state index in [0.29, 0.717) is 52.1 Å². The second-order valence-electron chi connectivity index (χ2n) is 9.70. The molecule has 0 aromatic heterocycles. The lowest BCUT2D eigenvalue weighted by Crippen LogP contribution is -2.37. The zero-order valence-corrected chi connectivity index (χ0v) is 24.0. The monoisotopic (exact) mass is 614 g/mol. The summed E-state index contributed by atoms with van der Waals surface area (Å²) >= 11 is 0. The van der Waals surface area contributed by atoms with Crippen molar-refractivity contribution < 1.29 is 39.8 Å². The van der Waals surface area contributed by atoms with Gasteiger partial charge in [0.05, 0.1) is 9.85 Å². The van der Waals surface area contributed by atoms with Gasteiger partial charge in [-0.2, -0.15) is 16.8 Å². The van der Waals surface area contributed by atoms with Crippen LogP contribution in [0.5, 0.6) is 0 Å². The van der Waals surface area contributed by atoms with Crippen molar-refractivity contribution in [2.24, 2.45) is 0 Å². The highest BCUT2D eigenvalue weighted by atomic mass is 32.3. The number of hydrogen-bond acceptors (Lipinski definition) is 13. The van der Waals surface area contributed by atoms with Crippen LogP contribution in [-0.4, -0.2) is 79.3 Å². The maximum Gasteiger partial charge on any atom is 0.311 e. The second-order valence-corrected chi connectivity index (χ2v) is 13.0. The van der Waals surface area contributed by atoms with E-state index in [2.05, 4.69) is 3.63 Å². The van der Waals surface area contributed by atoms with E-state index in [4.69, 9.17) is 9.47 Å². The van der Waals surface area contributed by atoms with Gasteiger partial charge in [0.15, 0.2) is 0 Å². The van der Waals surface area contributed by atoms with Crippen molar-refractivity contribution in [2.75, 3.05) is 50.3 Å². The van der Waals surface area contributed by atoms with E-state index >= 15 is 0 Å². The number of benzene rings is 2. The molecule has 2 fully saturated rings. The Balaban J connectivity index is 1.62. The molecule has 2 saturated heterocycles. The number of nitro benzene ring substituents is 2. The third kappa shape index (κ3) is 6.75. The second kappa shape index (κ2) is 12.2. The van der Waals surface area contributed by atoms with Crippen LogP contribution >= 0.6 is 0 Å². The number of anilines is 2. The van der Waals surface area contributed by atoms with Crippen molar-refractivity contribution in [3.05, 3.63) is 56.6 Å². The summed E-state index contributed by atoms with van der Waals surface area (Å²) in [6.07, 6.45) is 2.46. The third-order valence-electron chi connectivity index (χ3n) is 7.28. The molecule has 17 heteroatoms. The van der Waals surface area contributed by atoms with Crippen LogP contribution in [0.4, 0.5) is 22.7 Å². The highest BCUT2D eigenvalue weighted by Gasteiger charge is 2.33. The van der Waals surface area contributed by atoms with Gasteiger partial charge < -0.3 is 19.3 Å². The van der Waals surface area contributed by atoms with E-state index in [1.165, 1.54) is 12.1 Å². The van der Waals surface area contributed by atoms with Crippen LogP contribution in [-0.2, 0) is 33.3 Å². The van der Waals surface area contributed by atoms with Gasteiger partial charge in [0.2, 0.25) is 0 Å². The first-order valence-corrected chi connectivity index (χ1v) is 15.5. The fraction of sp³-hybridized carbons (Fsp3) is 0.500. The summed E-state index contributed by atoms with van der Waals surface area (Å²) in [5.41, 5.74) is -0.832. The molecule has 0 bridgehead atoms. The molecule has 224 valence electrons. The smallest absolute Gasteiger partial charge is 0.311 e. The Hall–Kier alpha value is -3.38. The molecule has 4 rings (SSSR count). The lowest BCUT2D eigenvalue weighted by Gasteiger charge is -2.32. The summed E-state index contributed by atoms with van der Waals surface area (Å²) in [5.74, 6) is 0. The largest absolute Gasteiger partial charge is 0.381 e. The minimum Gasteiger partial charge on any atom is -0.381 e. The molecule has 0 atom stereocenters. The zero-order chi connectivity index (χ0) is 29.9. The van der Waals surface area contributed by atoms with Gasteiger partial charge in [-0.3, -0.25) is 20.2 Å². The molecule has 2 heterocycles. The predicted molar refractivity (Wildman–Crippen MR) is 146 cm³/mol. The molecule has 0 saturated carbocycles. The standard InChI is InChI=1S/C24H30N4O11S2/c1-25(17-7-11-37-12-8-17)21-5-3-19(15-23(21)27(29)30)40(33,34)39-41(35,36)20-4-6-22(24(16-20)28(31)32)26(2)18-9-13-38-14-10-18/h3-6,15-18H,7-14H2,1-2H3. The maximum absolute atomic E-state index is 13.0. The molecule has 2 aromatic carbocycles. The third-order valence-corrected chi connectivity index (χ3v) is 10.4. The van der Waals surface area contributed by atoms with Crippen molar-refractivity contribution in [2.45, 2.75) is 47.6 Å². The Bertz CT molecular complexity index is 1410. The van der Waals surface area contributed by atoms with Gasteiger partial charge >= 0.3 is 20.2 Å². The van der Waals surface area contributed by atoms with Crippen molar-refractivity contribution in [3.63, 3.8) is 0 Å². The minimum atomic E-state index is -5.09.